The monoisotopic (exact) mass is 297 g/mol. The van der Waals surface area contributed by atoms with Crippen molar-refractivity contribution in [3.05, 3.63) is 42.0 Å². The average Bonchev–Trinajstić information content (AvgIpc) is 3.10. The van der Waals surface area contributed by atoms with Gasteiger partial charge in [0.1, 0.15) is 5.82 Å². The van der Waals surface area contributed by atoms with E-state index in [1.54, 1.807) is 0 Å². The van der Waals surface area contributed by atoms with Crippen LogP contribution in [0.2, 0.25) is 0 Å². The van der Waals surface area contributed by atoms with Crippen molar-refractivity contribution in [1.29, 1.82) is 0 Å². The van der Waals surface area contributed by atoms with Gasteiger partial charge in [-0.15, -0.1) is 0 Å². The predicted molar refractivity (Wildman–Crippen MR) is 89.9 cm³/mol. The number of hydrogen-bond acceptors (Lipinski definition) is 2. The summed E-state index contributed by atoms with van der Waals surface area (Å²) in [5, 5.41) is 3.46. The maximum absolute atomic E-state index is 5.08. The van der Waals surface area contributed by atoms with Gasteiger partial charge in [0.25, 0.3) is 0 Å². The first-order valence-corrected chi connectivity index (χ1v) is 8.92. The molecular formula is C19H27N3. The Hall–Kier alpha value is -1.35. The molecule has 2 fully saturated rings. The van der Waals surface area contributed by atoms with Crippen LogP contribution in [0.5, 0.6) is 0 Å². The molecule has 0 aromatic carbocycles. The Morgan fingerprint density at radius 2 is 2.18 bits per heavy atom. The van der Waals surface area contributed by atoms with E-state index in [1.165, 1.54) is 30.8 Å². The lowest BCUT2D eigenvalue weighted by atomic mass is 9.96. The molecule has 1 N–H and O–H groups in total. The van der Waals surface area contributed by atoms with E-state index in [0.717, 1.165) is 38.4 Å². The van der Waals surface area contributed by atoms with Crippen molar-refractivity contribution >= 4 is 0 Å². The van der Waals surface area contributed by atoms with Gasteiger partial charge in [-0.3, -0.25) is 0 Å². The molecule has 0 amide bonds. The van der Waals surface area contributed by atoms with Crippen LogP contribution in [0.1, 0.15) is 50.0 Å². The molecule has 3 nitrogen and oxygen atoms in total. The third-order valence-electron chi connectivity index (χ3n) is 5.68. The van der Waals surface area contributed by atoms with E-state index in [2.05, 4.69) is 47.3 Å². The first-order chi connectivity index (χ1) is 10.8. The number of allylic oxidation sites excluding steroid dienone is 4. The molecule has 1 saturated carbocycles. The SMILES string of the molecule is CCn1cc(CC23C=CCC=CC2C3)nc1C1CCNCC1. The normalized spacial score (nSPS) is 31.0. The second-order valence-corrected chi connectivity index (χ2v) is 7.19. The van der Waals surface area contributed by atoms with Crippen LogP contribution in [0.3, 0.4) is 0 Å². The van der Waals surface area contributed by atoms with Crippen molar-refractivity contribution in [2.24, 2.45) is 11.3 Å². The highest BCUT2D eigenvalue weighted by molar-refractivity contribution is 5.27. The molecule has 0 radical (unpaired) electrons. The second kappa shape index (κ2) is 5.69. The molecule has 1 aromatic heterocycles. The van der Waals surface area contributed by atoms with Gasteiger partial charge in [-0.25, -0.2) is 4.98 Å². The summed E-state index contributed by atoms with van der Waals surface area (Å²) < 4.78 is 2.40. The highest BCUT2D eigenvalue weighted by atomic mass is 15.1. The minimum absolute atomic E-state index is 0.380. The van der Waals surface area contributed by atoms with Crippen LogP contribution in [0.25, 0.3) is 0 Å². The van der Waals surface area contributed by atoms with E-state index in [4.69, 9.17) is 4.98 Å². The van der Waals surface area contributed by atoms with Crippen molar-refractivity contribution in [2.75, 3.05) is 13.1 Å². The Bertz CT molecular complexity index is 592. The van der Waals surface area contributed by atoms with Gasteiger partial charge in [-0.05, 0) is 51.6 Å². The van der Waals surface area contributed by atoms with Crippen LogP contribution in [0.4, 0.5) is 0 Å². The van der Waals surface area contributed by atoms with Gasteiger partial charge >= 0.3 is 0 Å². The van der Waals surface area contributed by atoms with Crippen LogP contribution in [0.15, 0.2) is 30.5 Å². The predicted octanol–water partition coefficient (Wildman–Crippen LogP) is 3.43. The maximum Gasteiger partial charge on any atom is 0.112 e. The van der Waals surface area contributed by atoms with Crippen LogP contribution in [-0.2, 0) is 13.0 Å². The molecule has 0 bridgehead atoms. The summed E-state index contributed by atoms with van der Waals surface area (Å²) in [5.74, 6) is 2.73. The Morgan fingerprint density at radius 1 is 1.32 bits per heavy atom. The smallest absolute Gasteiger partial charge is 0.112 e. The number of fused-ring (bicyclic) bond motifs is 1. The summed E-state index contributed by atoms with van der Waals surface area (Å²) in [6, 6.07) is 0. The van der Waals surface area contributed by atoms with Crippen molar-refractivity contribution in [2.45, 2.75) is 51.5 Å². The third kappa shape index (κ3) is 2.56. The summed E-state index contributed by atoms with van der Waals surface area (Å²) in [5.41, 5.74) is 1.68. The topological polar surface area (TPSA) is 29.9 Å². The largest absolute Gasteiger partial charge is 0.335 e. The van der Waals surface area contributed by atoms with Crippen molar-refractivity contribution in [3.63, 3.8) is 0 Å². The minimum atomic E-state index is 0.380. The quantitative estimate of drug-likeness (QED) is 0.863. The number of piperidine rings is 1. The van der Waals surface area contributed by atoms with Gasteiger partial charge in [0.05, 0.1) is 5.69 Å². The molecule has 0 spiro atoms. The Kier molecular flexibility index (Phi) is 3.69. The molecule has 2 heterocycles. The van der Waals surface area contributed by atoms with Crippen molar-refractivity contribution in [3.8, 4) is 0 Å². The van der Waals surface area contributed by atoms with Gasteiger partial charge in [-0.1, -0.05) is 24.3 Å². The van der Waals surface area contributed by atoms with Gasteiger partial charge in [0.15, 0.2) is 0 Å². The molecule has 1 saturated heterocycles. The van der Waals surface area contributed by atoms with E-state index in [9.17, 15) is 0 Å². The molecule has 2 unspecified atom stereocenters. The fourth-order valence-electron chi connectivity index (χ4n) is 4.26. The molecule has 2 atom stereocenters. The highest BCUT2D eigenvalue weighted by Crippen LogP contribution is 2.57. The Labute approximate surface area is 133 Å². The number of rotatable bonds is 4. The summed E-state index contributed by atoms with van der Waals surface area (Å²) in [6.45, 7) is 5.55. The molecule has 1 aromatic rings. The number of aryl methyl sites for hydroxylation is 1. The lowest BCUT2D eigenvalue weighted by molar-refractivity contribution is 0.432. The summed E-state index contributed by atoms with van der Waals surface area (Å²) in [7, 11) is 0. The lowest BCUT2D eigenvalue weighted by Crippen LogP contribution is -2.28. The number of aromatic nitrogens is 2. The van der Waals surface area contributed by atoms with Gasteiger partial charge in [0.2, 0.25) is 0 Å². The van der Waals surface area contributed by atoms with E-state index < -0.39 is 0 Å². The summed E-state index contributed by atoms with van der Waals surface area (Å²) in [6.07, 6.45) is 17.9. The van der Waals surface area contributed by atoms with Gasteiger partial charge < -0.3 is 9.88 Å². The molecule has 118 valence electrons. The minimum Gasteiger partial charge on any atom is -0.335 e. The molecule has 4 rings (SSSR count). The summed E-state index contributed by atoms with van der Waals surface area (Å²) >= 11 is 0. The van der Waals surface area contributed by atoms with Crippen molar-refractivity contribution < 1.29 is 0 Å². The molecular weight excluding hydrogens is 270 g/mol. The number of nitrogens with one attached hydrogen (secondary N) is 1. The first kappa shape index (κ1) is 14.3. The molecule has 1 aliphatic heterocycles. The van der Waals surface area contributed by atoms with E-state index in [0.29, 0.717) is 11.3 Å². The van der Waals surface area contributed by atoms with Crippen LogP contribution in [0, 0.1) is 11.3 Å². The molecule has 22 heavy (non-hydrogen) atoms. The molecule has 3 heteroatoms. The van der Waals surface area contributed by atoms with E-state index >= 15 is 0 Å². The number of nitrogens with zero attached hydrogens (tertiary/aromatic N) is 2. The zero-order valence-corrected chi connectivity index (χ0v) is 13.6. The zero-order valence-electron chi connectivity index (χ0n) is 13.6. The Morgan fingerprint density at radius 3 is 3.00 bits per heavy atom. The van der Waals surface area contributed by atoms with Crippen molar-refractivity contribution in [1.82, 2.24) is 14.9 Å². The first-order valence-electron chi connectivity index (χ1n) is 8.92. The van der Waals surface area contributed by atoms with Crippen LogP contribution in [-0.4, -0.2) is 22.6 Å². The molecule has 3 aliphatic rings. The second-order valence-electron chi connectivity index (χ2n) is 7.19. The van der Waals surface area contributed by atoms with E-state index in [-0.39, 0.29) is 0 Å². The lowest BCUT2D eigenvalue weighted by Gasteiger charge is -2.22. The molecule has 2 aliphatic carbocycles. The average molecular weight is 297 g/mol. The fraction of sp³-hybridized carbons (Fsp3) is 0.632. The summed E-state index contributed by atoms with van der Waals surface area (Å²) in [4.78, 5) is 5.08. The van der Waals surface area contributed by atoms with Gasteiger partial charge in [0, 0.05) is 30.5 Å². The third-order valence-corrected chi connectivity index (χ3v) is 5.68. The number of hydrogen-bond donors (Lipinski definition) is 1. The van der Waals surface area contributed by atoms with Crippen LogP contribution >= 0.6 is 0 Å². The maximum atomic E-state index is 5.08. The zero-order chi connectivity index (χ0) is 15.0. The Balaban J connectivity index is 1.55. The standard InChI is InChI=1S/C19H27N3/c1-2-22-14-17(21-18(22)15-7-10-20-11-8-15)13-19-9-5-3-4-6-16(19)12-19/h4-6,9,14-16,20H,2-3,7-8,10-13H2,1H3. The highest BCUT2D eigenvalue weighted by Gasteiger charge is 2.51. The number of imidazole rings is 1. The van der Waals surface area contributed by atoms with Gasteiger partial charge in [-0.2, -0.15) is 0 Å². The van der Waals surface area contributed by atoms with Crippen LogP contribution < -0.4 is 5.32 Å². The fourth-order valence-corrected chi connectivity index (χ4v) is 4.26. The van der Waals surface area contributed by atoms with E-state index in [1.807, 2.05) is 0 Å².